The third-order valence-electron chi connectivity index (χ3n) is 3.92. The highest BCUT2D eigenvalue weighted by Crippen LogP contribution is 2.24. The molecule has 17 heavy (non-hydrogen) atoms. The molecule has 0 saturated carbocycles. The van der Waals surface area contributed by atoms with Gasteiger partial charge in [0.1, 0.15) is 0 Å². The van der Waals surface area contributed by atoms with Gasteiger partial charge in [-0.15, -0.1) is 0 Å². The normalized spacial score (nSPS) is 31.2. The number of fused-ring (bicyclic) bond motifs is 1. The maximum atomic E-state index is 5.81. The second-order valence-corrected chi connectivity index (χ2v) is 6.51. The maximum absolute atomic E-state index is 5.81. The molecule has 0 aliphatic carbocycles. The molecule has 2 aliphatic rings. The molecule has 2 fully saturated rings. The van der Waals surface area contributed by atoms with Crippen LogP contribution in [-0.4, -0.2) is 49.3 Å². The van der Waals surface area contributed by atoms with Crippen molar-refractivity contribution in [2.75, 3.05) is 32.8 Å². The van der Waals surface area contributed by atoms with Crippen LogP contribution in [0.4, 0.5) is 0 Å². The minimum atomic E-state index is 0.00468. The first kappa shape index (κ1) is 13.3. The maximum Gasteiger partial charge on any atom is 0.0600 e. The molecule has 0 aromatic rings. The van der Waals surface area contributed by atoms with Crippen molar-refractivity contribution in [2.24, 2.45) is 5.92 Å². The van der Waals surface area contributed by atoms with Crippen molar-refractivity contribution < 1.29 is 4.74 Å². The van der Waals surface area contributed by atoms with E-state index in [1.165, 1.54) is 38.9 Å². The molecule has 3 nitrogen and oxygen atoms in total. The van der Waals surface area contributed by atoms with E-state index in [0.717, 1.165) is 25.1 Å². The van der Waals surface area contributed by atoms with Crippen LogP contribution in [0, 0.1) is 5.92 Å². The molecule has 2 rings (SSSR count). The first-order valence-electron chi connectivity index (χ1n) is 7.14. The highest BCUT2D eigenvalue weighted by Gasteiger charge is 2.30. The van der Waals surface area contributed by atoms with E-state index in [9.17, 15) is 0 Å². The summed E-state index contributed by atoms with van der Waals surface area (Å²) in [5.74, 6) is 0.882. The first-order chi connectivity index (χ1) is 8.04. The van der Waals surface area contributed by atoms with Crippen LogP contribution in [0.2, 0.25) is 0 Å². The molecule has 2 heterocycles. The minimum Gasteiger partial charge on any atom is -0.375 e. The van der Waals surface area contributed by atoms with Crippen molar-refractivity contribution >= 4 is 0 Å². The van der Waals surface area contributed by atoms with E-state index >= 15 is 0 Å². The monoisotopic (exact) mass is 240 g/mol. The number of piperidine rings is 2. The lowest BCUT2D eigenvalue weighted by molar-refractivity contribution is -0.0198. The van der Waals surface area contributed by atoms with Crippen LogP contribution in [0.15, 0.2) is 0 Å². The standard InChI is InChI=1S/C14H28N2O/c1-14(2,3)17-10-9-16-8-6-13-12(11-16)5-4-7-15-13/h12-13,15H,4-11H2,1-3H3. The number of likely N-dealkylation sites (tertiary alicyclic amines) is 1. The van der Waals surface area contributed by atoms with Gasteiger partial charge in [0.2, 0.25) is 0 Å². The van der Waals surface area contributed by atoms with Gasteiger partial charge in [-0.05, 0) is 59.0 Å². The minimum absolute atomic E-state index is 0.00468. The lowest BCUT2D eigenvalue weighted by Crippen LogP contribution is -2.52. The summed E-state index contributed by atoms with van der Waals surface area (Å²) >= 11 is 0. The summed E-state index contributed by atoms with van der Waals surface area (Å²) in [6.45, 7) is 12.1. The second-order valence-electron chi connectivity index (χ2n) is 6.51. The Hall–Kier alpha value is -0.120. The molecule has 0 amide bonds. The van der Waals surface area contributed by atoms with E-state index in [1.807, 2.05) is 0 Å². The Morgan fingerprint density at radius 1 is 1.29 bits per heavy atom. The fraction of sp³-hybridized carbons (Fsp3) is 1.00. The Morgan fingerprint density at radius 3 is 2.88 bits per heavy atom. The van der Waals surface area contributed by atoms with Crippen LogP contribution in [0.25, 0.3) is 0 Å². The molecule has 0 spiro atoms. The molecular weight excluding hydrogens is 212 g/mol. The quantitative estimate of drug-likeness (QED) is 0.815. The smallest absolute Gasteiger partial charge is 0.0600 e. The van der Waals surface area contributed by atoms with Crippen molar-refractivity contribution in [1.82, 2.24) is 10.2 Å². The average Bonchev–Trinajstić information content (AvgIpc) is 2.27. The third kappa shape index (κ3) is 4.23. The highest BCUT2D eigenvalue weighted by molar-refractivity contribution is 4.88. The van der Waals surface area contributed by atoms with Gasteiger partial charge in [0.05, 0.1) is 12.2 Å². The predicted octanol–water partition coefficient (Wildman–Crippen LogP) is 1.88. The molecule has 1 N–H and O–H groups in total. The lowest BCUT2D eigenvalue weighted by atomic mass is 9.85. The van der Waals surface area contributed by atoms with Crippen LogP contribution in [0.5, 0.6) is 0 Å². The molecule has 100 valence electrons. The van der Waals surface area contributed by atoms with Crippen LogP contribution in [-0.2, 0) is 4.74 Å². The van der Waals surface area contributed by atoms with Crippen LogP contribution < -0.4 is 5.32 Å². The fourth-order valence-electron chi connectivity index (χ4n) is 3.00. The van der Waals surface area contributed by atoms with Gasteiger partial charge in [-0.25, -0.2) is 0 Å². The summed E-state index contributed by atoms with van der Waals surface area (Å²) in [5.41, 5.74) is 0.00468. The molecule has 0 bridgehead atoms. The summed E-state index contributed by atoms with van der Waals surface area (Å²) in [6, 6.07) is 0.795. The number of hydrogen-bond donors (Lipinski definition) is 1. The molecule has 0 radical (unpaired) electrons. The van der Waals surface area contributed by atoms with Gasteiger partial charge < -0.3 is 15.0 Å². The zero-order valence-electron chi connectivity index (χ0n) is 11.7. The molecule has 2 aliphatic heterocycles. The molecule has 2 unspecified atom stereocenters. The summed E-state index contributed by atoms with van der Waals surface area (Å²) in [7, 11) is 0. The van der Waals surface area contributed by atoms with E-state index in [4.69, 9.17) is 4.74 Å². The predicted molar refractivity (Wildman–Crippen MR) is 71.3 cm³/mol. The number of hydrogen-bond acceptors (Lipinski definition) is 3. The Morgan fingerprint density at radius 2 is 2.12 bits per heavy atom. The van der Waals surface area contributed by atoms with Crippen molar-refractivity contribution in [3.63, 3.8) is 0 Å². The first-order valence-corrected chi connectivity index (χ1v) is 7.14. The van der Waals surface area contributed by atoms with Gasteiger partial charge in [-0.3, -0.25) is 0 Å². The van der Waals surface area contributed by atoms with E-state index in [0.29, 0.717) is 0 Å². The zero-order valence-corrected chi connectivity index (χ0v) is 11.7. The van der Waals surface area contributed by atoms with Crippen molar-refractivity contribution in [1.29, 1.82) is 0 Å². The third-order valence-corrected chi connectivity index (χ3v) is 3.92. The van der Waals surface area contributed by atoms with Gasteiger partial charge in [-0.1, -0.05) is 0 Å². The van der Waals surface area contributed by atoms with Gasteiger partial charge in [0, 0.05) is 19.1 Å². The van der Waals surface area contributed by atoms with Crippen molar-refractivity contribution in [3.05, 3.63) is 0 Å². The summed E-state index contributed by atoms with van der Waals surface area (Å²) in [4.78, 5) is 2.58. The van der Waals surface area contributed by atoms with Crippen LogP contribution >= 0.6 is 0 Å². The Bertz CT molecular complexity index is 237. The molecular formula is C14H28N2O. The fourth-order valence-corrected chi connectivity index (χ4v) is 3.00. The number of nitrogens with zero attached hydrogens (tertiary/aromatic N) is 1. The summed E-state index contributed by atoms with van der Waals surface area (Å²) in [6.07, 6.45) is 4.09. The average molecular weight is 240 g/mol. The van der Waals surface area contributed by atoms with Crippen molar-refractivity contribution in [2.45, 2.75) is 51.7 Å². The summed E-state index contributed by atoms with van der Waals surface area (Å²) in [5, 5.41) is 3.66. The van der Waals surface area contributed by atoms with Crippen molar-refractivity contribution in [3.8, 4) is 0 Å². The summed E-state index contributed by atoms with van der Waals surface area (Å²) < 4.78 is 5.81. The number of ether oxygens (including phenoxy) is 1. The highest BCUT2D eigenvalue weighted by atomic mass is 16.5. The molecule has 2 saturated heterocycles. The van der Waals surface area contributed by atoms with Crippen LogP contribution in [0.1, 0.15) is 40.0 Å². The topological polar surface area (TPSA) is 24.5 Å². The Kier molecular flexibility index (Phi) is 4.45. The van der Waals surface area contributed by atoms with E-state index in [-0.39, 0.29) is 5.60 Å². The van der Waals surface area contributed by atoms with Gasteiger partial charge in [-0.2, -0.15) is 0 Å². The molecule has 0 aromatic carbocycles. The van der Waals surface area contributed by atoms with Gasteiger partial charge >= 0.3 is 0 Å². The number of nitrogens with one attached hydrogen (secondary N) is 1. The van der Waals surface area contributed by atoms with E-state index in [2.05, 4.69) is 31.0 Å². The SMILES string of the molecule is CC(C)(C)OCCN1CCC2NCCCC2C1. The molecule has 0 aromatic heterocycles. The van der Waals surface area contributed by atoms with Gasteiger partial charge in [0.25, 0.3) is 0 Å². The lowest BCUT2D eigenvalue weighted by Gasteiger charge is -2.42. The Labute approximate surface area is 106 Å². The van der Waals surface area contributed by atoms with Crippen LogP contribution in [0.3, 0.4) is 0 Å². The largest absolute Gasteiger partial charge is 0.375 e. The second kappa shape index (κ2) is 5.68. The Balaban J connectivity index is 1.69. The molecule has 2 atom stereocenters. The molecule has 3 heteroatoms. The van der Waals surface area contributed by atoms with Gasteiger partial charge in [0.15, 0.2) is 0 Å². The van der Waals surface area contributed by atoms with E-state index in [1.54, 1.807) is 0 Å². The number of rotatable bonds is 3. The zero-order chi connectivity index (χ0) is 12.3. The van der Waals surface area contributed by atoms with E-state index < -0.39 is 0 Å².